The van der Waals surface area contributed by atoms with Gasteiger partial charge in [-0.15, -0.1) is 0 Å². The molecule has 1 unspecified atom stereocenters. The van der Waals surface area contributed by atoms with E-state index in [-0.39, 0.29) is 0 Å². The molecule has 1 aromatic heterocycles. The highest BCUT2D eigenvalue weighted by Crippen LogP contribution is 2.15. The number of nitrogens with zero attached hydrogens (tertiary/aromatic N) is 2. The number of hydrogen-bond acceptors (Lipinski definition) is 4. The average Bonchev–Trinajstić information content (AvgIpc) is 2.29. The third kappa shape index (κ3) is 5.00. The van der Waals surface area contributed by atoms with Gasteiger partial charge in [0.25, 0.3) is 0 Å². The fraction of sp³-hybridized carbons (Fsp3) is 0.667. The Bertz CT molecular complexity index is 341. The summed E-state index contributed by atoms with van der Waals surface area (Å²) < 4.78 is 6.02. The van der Waals surface area contributed by atoms with Crippen molar-refractivity contribution in [3.05, 3.63) is 16.5 Å². The SMILES string of the molecule is CCCC(COC)Nc1cc(Br)nc(CC)n1. The van der Waals surface area contributed by atoms with Gasteiger partial charge in [-0.05, 0) is 22.4 Å². The number of aryl methyl sites for hydroxylation is 1. The molecule has 0 amide bonds. The molecule has 0 aliphatic heterocycles. The zero-order valence-corrected chi connectivity index (χ0v) is 12.2. The maximum absolute atomic E-state index is 5.20. The standard InChI is InChI=1S/C12H20BrN3O/c1-4-6-9(8-17-3)14-12-7-10(13)15-11(5-2)16-12/h7,9H,4-6,8H2,1-3H3,(H,14,15,16). The topological polar surface area (TPSA) is 47.0 Å². The van der Waals surface area contributed by atoms with Gasteiger partial charge in [-0.1, -0.05) is 20.3 Å². The van der Waals surface area contributed by atoms with Crippen LogP contribution in [0, 0.1) is 0 Å². The minimum atomic E-state index is 0.302. The van der Waals surface area contributed by atoms with Crippen molar-refractivity contribution in [1.29, 1.82) is 0 Å². The van der Waals surface area contributed by atoms with E-state index in [1.54, 1.807) is 7.11 Å². The predicted molar refractivity (Wildman–Crippen MR) is 73.3 cm³/mol. The van der Waals surface area contributed by atoms with E-state index in [0.717, 1.165) is 35.5 Å². The Morgan fingerprint density at radius 3 is 2.76 bits per heavy atom. The van der Waals surface area contributed by atoms with Crippen LogP contribution in [-0.4, -0.2) is 29.7 Å². The highest BCUT2D eigenvalue weighted by Gasteiger charge is 2.09. The molecular formula is C12H20BrN3O. The van der Waals surface area contributed by atoms with Gasteiger partial charge in [0.1, 0.15) is 16.2 Å². The van der Waals surface area contributed by atoms with Gasteiger partial charge in [0.15, 0.2) is 0 Å². The van der Waals surface area contributed by atoms with Crippen LogP contribution < -0.4 is 5.32 Å². The molecule has 1 N–H and O–H groups in total. The number of anilines is 1. The molecule has 5 heteroatoms. The van der Waals surface area contributed by atoms with Crippen molar-refractivity contribution in [2.45, 2.75) is 39.2 Å². The molecule has 4 nitrogen and oxygen atoms in total. The first-order chi connectivity index (χ1) is 8.19. The second kappa shape index (κ2) is 7.61. The summed E-state index contributed by atoms with van der Waals surface area (Å²) in [6.45, 7) is 4.90. The molecule has 17 heavy (non-hydrogen) atoms. The van der Waals surface area contributed by atoms with Gasteiger partial charge in [0, 0.05) is 19.6 Å². The molecule has 0 bridgehead atoms. The van der Waals surface area contributed by atoms with Crippen LogP contribution in [0.1, 0.15) is 32.5 Å². The fourth-order valence-electron chi connectivity index (χ4n) is 1.65. The van der Waals surface area contributed by atoms with E-state index in [2.05, 4.69) is 38.1 Å². The van der Waals surface area contributed by atoms with Crippen molar-refractivity contribution in [3.63, 3.8) is 0 Å². The Hall–Kier alpha value is -0.680. The van der Waals surface area contributed by atoms with Gasteiger partial charge in [0.2, 0.25) is 0 Å². The Labute approximate surface area is 111 Å². The highest BCUT2D eigenvalue weighted by atomic mass is 79.9. The fourth-order valence-corrected chi connectivity index (χ4v) is 2.07. The number of ether oxygens (including phenoxy) is 1. The number of nitrogens with one attached hydrogen (secondary N) is 1. The molecule has 0 spiro atoms. The minimum absolute atomic E-state index is 0.302. The Balaban J connectivity index is 2.73. The molecule has 1 rings (SSSR count). The van der Waals surface area contributed by atoms with Gasteiger partial charge in [-0.25, -0.2) is 9.97 Å². The van der Waals surface area contributed by atoms with Crippen LogP contribution in [0.2, 0.25) is 0 Å². The third-order valence-corrected chi connectivity index (χ3v) is 2.82. The molecule has 1 heterocycles. The van der Waals surface area contributed by atoms with E-state index >= 15 is 0 Å². The van der Waals surface area contributed by atoms with Crippen molar-refractivity contribution >= 4 is 21.7 Å². The minimum Gasteiger partial charge on any atom is -0.383 e. The van der Waals surface area contributed by atoms with Crippen LogP contribution in [0.5, 0.6) is 0 Å². The van der Waals surface area contributed by atoms with E-state index in [0.29, 0.717) is 12.6 Å². The molecule has 0 saturated carbocycles. The maximum Gasteiger partial charge on any atom is 0.131 e. The number of rotatable bonds is 7. The molecule has 0 aromatic carbocycles. The summed E-state index contributed by atoms with van der Waals surface area (Å²) in [6, 6.07) is 2.20. The van der Waals surface area contributed by atoms with E-state index in [1.807, 2.05) is 13.0 Å². The second-order valence-electron chi connectivity index (χ2n) is 3.93. The van der Waals surface area contributed by atoms with Gasteiger partial charge < -0.3 is 10.1 Å². The number of hydrogen-bond donors (Lipinski definition) is 1. The van der Waals surface area contributed by atoms with Crippen LogP contribution in [0.3, 0.4) is 0 Å². The Morgan fingerprint density at radius 2 is 2.18 bits per heavy atom. The summed E-state index contributed by atoms with van der Waals surface area (Å²) in [4.78, 5) is 8.73. The lowest BCUT2D eigenvalue weighted by molar-refractivity contribution is 0.182. The van der Waals surface area contributed by atoms with Crippen molar-refractivity contribution in [2.24, 2.45) is 0 Å². The quantitative estimate of drug-likeness (QED) is 0.787. The van der Waals surface area contributed by atoms with Crippen LogP contribution in [0.4, 0.5) is 5.82 Å². The van der Waals surface area contributed by atoms with Gasteiger partial charge in [-0.2, -0.15) is 0 Å². The molecule has 0 saturated heterocycles. The lowest BCUT2D eigenvalue weighted by Gasteiger charge is -2.18. The number of methoxy groups -OCH3 is 1. The van der Waals surface area contributed by atoms with Gasteiger partial charge in [-0.3, -0.25) is 0 Å². The first-order valence-electron chi connectivity index (χ1n) is 5.98. The molecule has 96 valence electrons. The molecule has 1 atom stereocenters. The predicted octanol–water partition coefficient (Wildman–Crippen LogP) is 3.03. The summed E-state index contributed by atoms with van der Waals surface area (Å²) in [5.74, 6) is 1.70. The van der Waals surface area contributed by atoms with Gasteiger partial charge in [0.05, 0.1) is 12.6 Å². The van der Waals surface area contributed by atoms with Crippen molar-refractivity contribution < 1.29 is 4.74 Å². The first kappa shape index (κ1) is 14.4. The summed E-state index contributed by atoms with van der Waals surface area (Å²) >= 11 is 3.40. The van der Waals surface area contributed by atoms with Crippen molar-refractivity contribution in [1.82, 2.24) is 9.97 Å². The molecule has 0 radical (unpaired) electrons. The highest BCUT2D eigenvalue weighted by molar-refractivity contribution is 9.10. The number of aromatic nitrogens is 2. The lowest BCUT2D eigenvalue weighted by Crippen LogP contribution is -2.25. The van der Waals surface area contributed by atoms with Crippen LogP contribution in [0.15, 0.2) is 10.7 Å². The number of halogens is 1. The summed E-state index contributed by atoms with van der Waals surface area (Å²) in [6.07, 6.45) is 3.02. The average molecular weight is 302 g/mol. The first-order valence-corrected chi connectivity index (χ1v) is 6.77. The zero-order chi connectivity index (χ0) is 12.7. The smallest absolute Gasteiger partial charge is 0.131 e. The zero-order valence-electron chi connectivity index (χ0n) is 10.7. The third-order valence-electron chi connectivity index (χ3n) is 2.41. The monoisotopic (exact) mass is 301 g/mol. The Morgan fingerprint density at radius 1 is 1.41 bits per heavy atom. The largest absolute Gasteiger partial charge is 0.383 e. The van der Waals surface area contributed by atoms with Gasteiger partial charge >= 0.3 is 0 Å². The van der Waals surface area contributed by atoms with Crippen molar-refractivity contribution in [3.8, 4) is 0 Å². The van der Waals surface area contributed by atoms with Crippen LogP contribution >= 0.6 is 15.9 Å². The summed E-state index contributed by atoms with van der Waals surface area (Å²) in [5.41, 5.74) is 0. The van der Waals surface area contributed by atoms with E-state index < -0.39 is 0 Å². The van der Waals surface area contributed by atoms with E-state index in [4.69, 9.17) is 4.74 Å². The Kier molecular flexibility index (Phi) is 6.44. The van der Waals surface area contributed by atoms with E-state index in [1.165, 1.54) is 0 Å². The summed E-state index contributed by atoms with van der Waals surface area (Å²) in [5, 5.41) is 3.39. The normalized spacial score (nSPS) is 12.5. The molecule has 0 aliphatic rings. The van der Waals surface area contributed by atoms with Crippen LogP contribution in [-0.2, 0) is 11.2 Å². The molecule has 0 fully saturated rings. The maximum atomic E-state index is 5.20. The summed E-state index contributed by atoms with van der Waals surface area (Å²) in [7, 11) is 1.72. The second-order valence-corrected chi connectivity index (χ2v) is 4.74. The van der Waals surface area contributed by atoms with E-state index in [9.17, 15) is 0 Å². The lowest BCUT2D eigenvalue weighted by atomic mass is 10.2. The molecular weight excluding hydrogens is 282 g/mol. The molecule has 1 aromatic rings. The van der Waals surface area contributed by atoms with Crippen LogP contribution in [0.25, 0.3) is 0 Å². The molecule has 0 aliphatic carbocycles. The van der Waals surface area contributed by atoms with Crippen molar-refractivity contribution in [2.75, 3.05) is 19.0 Å².